The van der Waals surface area contributed by atoms with Gasteiger partial charge >= 0.3 is 0 Å². The number of fused-ring (bicyclic) bond motifs is 1. The zero-order valence-corrected chi connectivity index (χ0v) is 18.7. The highest BCUT2D eigenvalue weighted by molar-refractivity contribution is 5.99. The summed E-state index contributed by atoms with van der Waals surface area (Å²) in [6, 6.07) is 13.8. The number of halogens is 1. The molecule has 2 aromatic carbocycles. The quantitative estimate of drug-likeness (QED) is 0.660. The first kappa shape index (κ1) is 23.1. The summed E-state index contributed by atoms with van der Waals surface area (Å²) in [6.45, 7) is 7.16. The Morgan fingerprint density at radius 3 is 2.61 bits per heavy atom. The maximum atomic E-state index is 12.7. The first-order valence-corrected chi connectivity index (χ1v) is 10.8. The summed E-state index contributed by atoms with van der Waals surface area (Å²) in [7, 11) is 0. The molecule has 2 aliphatic heterocycles. The molecule has 166 valence electrons. The fourth-order valence-electron chi connectivity index (χ4n) is 4.17. The number of para-hydroxylation sites is 2. The molecule has 0 aromatic heterocycles. The van der Waals surface area contributed by atoms with Gasteiger partial charge in [-0.1, -0.05) is 12.1 Å². The number of hydrogen-bond acceptors (Lipinski definition) is 5. The highest BCUT2D eigenvalue weighted by Gasteiger charge is 2.21. The SMILES string of the molecule is CCOc1ccccc1N1CCN(CCC(=O)c2ccc3c(c2)CCC(=O)N3)CC1.Cl. The molecular weight excluding hydrogens is 414 g/mol. The van der Waals surface area contributed by atoms with Crippen molar-refractivity contribution >= 4 is 35.5 Å². The van der Waals surface area contributed by atoms with Crippen LogP contribution in [0.5, 0.6) is 5.75 Å². The van der Waals surface area contributed by atoms with E-state index in [0.717, 1.165) is 61.0 Å². The standard InChI is InChI=1S/C24H29N3O3.ClH/c1-2-30-23-6-4-3-5-21(23)27-15-13-26(14-16-27)12-11-22(28)19-7-9-20-18(17-19)8-10-24(29)25-20;/h3-7,9,17H,2,8,10-16H2,1H3,(H,25,29);1H. The summed E-state index contributed by atoms with van der Waals surface area (Å²) < 4.78 is 5.77. The molecule has 0 atom stereocenters. The molecule has 6 nitrogen and oxygen atoms in total. The number of amides is 1. The van der Waals surface area contributed by atoms with E-state index >= 15 is 0 Å². The predicted octanol–water partition coefficient (Wildman–Crippen LogP) is 3.79. The van der Waals surface area contributed by atoms with E-state index in [4.69, 9.17) is 4.74 Å². The van der Waals surface area contributed by atoms with Crippen LogP contribution in [0.2, 0.25) is 0 Å². The molecule has 1 fully saturated rings. The lowest BCUT2D eigenvalue weighted by atomic mass is 9.98. The number of hydrogen-bond donors (Lipinski definition) is 1. The molecule has 0 bridgehead atoms. The minimum atomic E-state index is 0. The van der Waals surface area contributed by atoms with E-state index in [1.807, 2.05) is 43.3 Å². The van der Waals surface area contributed by atoms with Crippen LogP contribution in [0.4, 0.5) is 11.4 Å². The summed E-state index contributed by atoms with van der Waals surface area (Å²) >= 11 is 0. The third kappa shape index (κ3) is 5.57. The van der Waals surface area contributed by atoms with Crippen molar-refractivity contribution in [2.24, 2.45) is 0 Å². The molecular formula is C24H30ClN3O3. The van der Waals surface area contributed by atoms with Crippen LogP contribution in [-0.4, -0.2) is 55.9 Å². The molecule has 7 heteroatoms. The third-order valence-corrected chi connectivity index (χ3v) is 5.86. The average molecular weight is 444 g/mol. The highest BCUT2D eigenvalue weighted by atomic mass is 35.5. The van der Waals surface area contributed by atoms with E-state index in [1.165, 1.54) is 0 Å². The van der Waals surface area contributed by atoms with Crippen molar-refractivity contribution in [1.29, 1.82) is 0 Å². The number of Topliss-reactive ketones (excluding diaryl/α,β-unsaturated/α-hetero) is 1. The Balaban J connectivity index is 0.00000272. The molecule has 1 N–H and O–H groups in total. The first-order chi connectivity index (χ1) is 14.6. The number of aryl methyl sites for hydroxylation is 1. The first-order valence-electron chi connectivity index (χ1n) is 10.8. The summed E-state index contributed by atoms with van der Waals surface area (Å²) in [6.07, 6.45) is 1.70. The van der Waals surface area contributed by atoms with Gasteiger partial charge in [-0.05, 0) is 49.2 Å². The van der Waals surface area contributed by atoms with E-state index in [0.29, 0.717) is 25.9 Å². The van der Waals surface area contributed by atoms with Crippen molar-refractivity contribution in [2.45, 2.75) is 26.2 Å². The number of benzene rings is 2. The highest BCUT2D eigenvalue weighted by Crippen LogP contribution is 2.29. The van der Waals surface area contributed by atoms with Crippen LogP contribution in [0.3, 0.4) is 0 Å². The fourth-order valence-corrected chi connectivity index (χ4v) is 4.17. The normalized spacial score (nSPS) is 16.2. The third-order valence-electron chi connectivity index (χ3n) is 5.86. The van der Waals surface area contributed by atoms with E-state index in [-0.39, 0.29) is 24.1 Å². The summed E-state index contributed by atoms with van der Waals surface area (Å²) in [4.78, 5) is 28.9. The Morgan fingerprint density at radius 1 is 1.06 bits per heavy atom. The van der Waals surface area contributed by atoms with E-state index in [1.54, 1.807) is 0 Å². The van der Waals surface area contributed by atoms with Crippen LogP contribution < -0.4 is 15.0 Å². The number of rotatable bonds is 7. The van der Waals surface area contributed by atoms with Gasteiger partial charge in [0.2, 0.25) is 5.91 Å². The molecule has 0 saturated carbocycles. The molecule has 2 heterocycles. The van der Waals surface area contributed by atoms with Crippen LogP contribution in [0, 0.1) is 0 Å². The molecule has 0 radical (unpaired) electrons. The number of anilines is 2. The van der Waals surface area contributed by atoms with Crippen molar-refractivity contribution < 1.29 is 14.3 Å². The minimum absolute atomic E-state index is 0. The number of piperazine rings is 1. The molecule has 0 unspecified atom stereocenters. The monoisotopic (exact) mass is 443 g/mol. The smallest absolute Gasteiger partial charge is 0.224 e. The summed E-state index contributed by atoms with van der Waals surface area (Å²) in [5.41, 5.74) is 3.79. The summed E-state index contributed by atoms with van der Waals surface area (Å²) in [5.74, 6) is 1.15. The van der Waals surface area contributed by atoms with Gasteiger partial charge in [0, 0.05) is 56.8 Å². The number of carbonyl (C=O) groups excluding carboxylic acids is 2. The van der Waals surface area contributed by atoms with Crippen molar-refractivity contribution in [3.8, 4) is 5.75 Å². The molecule has 1 amide bonds. The zero-order chi connectivity index (χ0) is 20.9. The molecule has 31 heavy (non-hydrogen) atoms. The van der Waals surface area contributed by atoms with Crippen LogP contribution in [-0.2, 0) is 11.2 Å². The van der Waals surface area contributed by atoms with Crippen molar-refractivity contribution in [3.63, 3.8) is 0 Å². The van der Waals surface area contributed by atoms with Gasteiger partial charge in [-0.2, -0.15) is 0 Å². The lowest BCUT2D eigenvalue weighted by molar-refractivity contribution is -0.116. The van der Waals surface area contributed by atoms with Crippen LogP contribution >= 0.6 is 12.4 Å². The van der Waals surface area contributed by atoms with Gasteiger partial charge < -0.3 is 15.0 Å². The Hall–Kier alpha value is -2.57. The molecule has 1 saturated heterocycles. The minimum Gasteiger partial charge on any atom is -0.492 e. The van der Waals surface area contributed by atoms with E-state index in [9.17, 15) is 9.59 Å². The second-order valence-corrected chi connectivity index (χ2v) is 7.82. The van der Waals surface area contributed by atoms with Crippen LogP contribution in [0.1, 0.15) is 35.7 Å². The number of ketones is 1. The summed E-state index contributed by atoms with van der Waals surface area (Å²) in [5, 5.41) is 2.87. The van der Waals surface area contributed by atoms with Gasteiger partial charge in [-0.3, -0.25) is 14.5 Å². The number of ether oxygens (including phenoxy) is 1. The maximum Gasteiger partial charge on any atom is 0.224 e. The fraction of sp³-hybridized carbons (Fsp3) is 0.417. The second kappa shape index (κ2) is 10.6. The van der Waals surface area contributed by atoms with E-state index < -0.39 is 0 Å². The molecule has 0 aliphatic carbocycles. The van der Waals surface area contributed by atoms with Gasteiger partial charge in [-0.15, -0.1) is 12.4 Å². The van der Waals surface area contributed by atoms with Crippen molar-refractivity contribution in [3.05, 3.63) is 53.6 Å². The lowest BCUT2D eigenvalue weighted by Gasteiger charge is -2.36. The number of carbonyl (C=O) groups is 2. The molecule has 0 spiro atoms. The Morgan fingerprint density at radius 2 is 1.84 bits per heavy atom. The van der Waals surface area contributed by atoms with Gasteiger partial charge in [0.15, 0.2) is 5.78 Å². The second-order valence-electron chi connectivity index (χ2n) is 7.82. The van der Waals surface area contributed by atoms with Gasteiger partial charge in [0.1, 0.15) is 5.75 Å². The van der Waals surface area contributed by atoms with Crippen molar-refractivity contribution in [1.82, 2.24) is 4.90 Å². The lowest BCUT2D eigenvalue weighted by Crippen LogP contribution is -2.47. The van der Waals surface area contributed by atoms with Crippen molar-refractivity contribution in [2.75, 3.05) is 49.5 Å². The molecule has 2 aromatic rings. The average Bonchev–Trinajstić information content (AvgIpc) is 2.78. The Labute approximate surface area is 190 Å². The Bertz CT molecular complexity index is 926. The predicted molar refractivity (Wildman–Crippen MR) is 126 cm³/mol. The van der Waals surface area contributed by atoms with Gasteiger partial charge in [0.25, 0.3) is 0 Å². The zero-order valence-electron chi connectivity index (χ0n) is 17.9. The van der Waals surface area contributed by atoms with Crippen LogP contribution in [0.25, 0.3) is 0 Å². The largest absolute Gasteiger partial charge is 0.492 e. The van der Waals surface area contributed by atoms with E-state index in [2.05, 4.69) is 21.2 Å². The molecule has 4 rings (SSSR count). The topological polar surface area (TPSA) is 61.9 Å². The number of nitrogens with one attached hydrogen (secondary N) is 1. The van der Waals surface area contributed by atoms with Gasteiger partial charge in [-0.25, -0.2) is 0 Å². The van der Waals surface area contributed by atoms with Gasteiger partial charge in [0.05, 0.1) is 12.3 Å². The number of nitrogens with zero attached hydrogens (tertiary/aromatic N) is 2. The maximum absolute atomic E-state index is 12.7. The van der Waals surface area contributed by atoms with Crippen LogP contribution in [0.15, 0.2) is 42.5 Å². The Kier molecular flexibility index (Phi) is 7.93. The molecule has 2 aliphatic rings.